The summed E-state index contributed by atoms with van der Waals surface area (Å²) >= 11 is 0. The number of nitrogens with one attached hydrogen (secondary N) is 2. The predicted octanol–water partition coefficient (Wildman–Crippen LogP) is 2.12. The minimum absolute atomic E-state index is 0.112. The van der Waals surface area contributed by atoms with Crippen LogP contribution in [0.5, 0.6) is 5.75 Å². The maximum absolute atomic E-state index is 11.6. The molecule has 0 fully saturated rings. The molecule has 0 aliphatic rings. The maximum Gasteiger partial charge on any atom is 0.407 e. The van der Waals surface area contributed by atoms with Crippen molar-refractivity contribution in [3.05, 3.63) is 23.8 Å². The number of amides is 2. The van der Waals surface area contributed by atoms with Gasteiger partial charge in [-0.05, 0) is 45.9 Å². The summed E-state index contributed by atoms with van der Waals surface area (Å²) in [5, 5.41) is 5.85. The minimum atomic E-state index is -0.542. The molecule has 1 rings (SSSR count). The van der Waals surface area contributed by atoms with Crippen molar-refractivity contribution in [2.24, 2.45) is 5.73 Å². The van der Waals surface area contributed by atoms with Gasteiger partial charge in [0.15, 0.2) is 0 Å². The lowest BCUT2D eigenvalue weighted by atomic mass is 10.1. The molecule has 0 aromatic heterocycles. The van der Waals surface area contributed by atoms with Gasteiger partial charge in [-0.15, -0.1) is 0 Å². The van der Waals surface area contributed by atoms with Crippen LogP contribution in [-0.2, 0) is 4.74 Å². The zero-order valence-electron chi connectivity index (χ0n) is 14.2. The Morgan fingerprint density at radius 1 is 1.30 bits per heavy atom. The number of hydrogen-bond acceptors (Lipinski definition) is 5. The van der Waals surface area contributed by atoms with Gasteiger partial charge in [-0.1, -0.05) is 0 Å². The number of alkyl carbamates (subject to hydrolysis) is 1. The highest BCUT2D eigenvalue weighted by Gasteiger charge is 2.17. The van der Waals surface area contributed by atoms with E-state index < -0.39 is 17.6 Å². The van der Waals surface area contributed by atoms with Crippen molar-refractivity contribution in [3.63, 3.8) is 0 Å². The first kappa shape index (κ1) is 18.6. The Labute approximate surface area is 136 Å². The number of carbonyl (C=O) groups is 2. The molecule has 128 valence electrons. The summed E-state index contributed by atoms with van der Waals surface area (Å²) in [7, 11) is 1.54. The van der Waals surface area contributed by atoms with Crippen LogP contribution in [-0.4, -0.2) is 37.3 Å². The van der Waals surface area contributed by atoms with Crippen molar-refractivity contribution in [1.82, 2.24) is 5.32 Å². The van der Waals surface area contributed by atoms with Crippen LogP contribution in [0.15, 0.2) is 18.2 Å². The molecule has 7 nitrogen and oxygen atoms in total. The number of ether oxygens (including phenoxy) is 2. The molecule has 4 N–H and O–H groups in total. The lowest BCUT2D eigenvalue weighted by Gasteiger charge is -2.22. The summed E-state index contributed by atoms with van der Waals surface area (Å²) in [5.74, 6) is 0.0642. The molecule has 1 aromatic carbocycles. The van der Waals surface area contributed by atoms with E-state index in [0.29, 0.717) is 23.5 Å². The fraction of sp³-hybridized carbons (Fsp3) is 0.500. The molecule has 0 saturated heterocycles. The molecule has 7 heteroatoms. The van der Waals surface area contributed by atoms with Crippen LogP contribution in [0.3, 0.4) is 0 Å². The topological polar surface area (TPSA) is 103 Å². The Kier molecular flexibility index (Phi) is 6.24. The van der Waals surface area contributed by atoms with Gasteiger partial charge in [0.05, 0.1) is 12.8 Å². The van der Waals surface area contributed by atoms with Crippen LogP contribution >= 0.6 is 0 Å². The molecule has 1 unspecified atom stereocenters. The average Bonchev–Trinajstić information content (AvgIpc) is 2.43. The predicted molar refractivity (Wildman–Crippen MR) is 88.8 cm³/mol. The Hall–Kier alpha value is -2.44. The monoisotopic (exact) mass is 323 g/mol. The van der Waals surface area contributed by atoms with Gasteiger partial charge >= 0.3 is 6.09 Å². The van der Waals surface area contributed by atoms with Crippen molar-refractivity contribution in [1.29, 1.82) is 0 Å². The zero-order valence-corrected chi connectivity index (χ0v) is 14.2. The Bertz CT molecular complexity index is 567. The molecule has 0 radical (unpaired) electrons. The summed E-state index contributed by atoms with van der Waals surface area (Å²) in [6, 6.07) is 4.76. The number of methoxy groups -OCH3 is 1. The van der Waals surface area contributed by atoms with Crippen LogP contribution in [0, 0.1) is 0 Å². The molecule has 0 spiro atoms. The van der Waals surface area contributed by atoms with Gasteiger partial charge < -0.3 is 25.8 Å². The van der Waals surface area contributed by atoms with E-state index in [2.05, 4.69) is 10.6 Å². The van der Waals surface area contributed by atoms with Gasteiger partial charge in [0.2, 0.25) is 5.91 Å². The largest absolute Gasteiger partial charge is 0.495 e. The molecule has 0 aliphatic heterocycles. The number of carbonyl (C=O) groups excluding carboxylic acids is 2. The van der Waals surface area contributed by atoms with E-state index in [4.69, 9.17) is 15.2 Å². The van der Waals surface area contributed by atoms with E-state index >= 15 is 0 Å². The summed E-state index contributed by atoms with van der Waals surface area (Å²) in [6.07, 6.45) is -0.482. The Morgan fingerprint density at radius 2 is 1.96 bits per heavy atom. The third-order valence-corrected chi connectivity index (χ3v) is 2.84. The highest BCUT2D eigenvalue weighted by molar-refractivity contribution is 5.94. The number of primary amides is 1. The third-order valence-electron chi connectivity index (χ3n) is 2.84. The smallest absolute Gasteiger partial charge is 0.407 e. The summed E-state index contributed by atoms with van der Waals surface area (Å²) in [4.78, 5) is 22.9. The van der Waals surface area contributed by atoms with E-state index in [1.807, 2.05) is 6.92 Å². The van der Waals surface area contributed by atoms with Crippen molar-refractivity contribution >= 4 is 17.7 Å². The second-order valence-electron chi connectivity index (χ2n) is 6.21. The fourth-order valence-corrected chi connectivity index (χ4v) is 1.84. The standard InChI is InChI=1S/C16H25N3O4/c1-10(9-18-15(21)23-16(2,3)4)19-12-8-11(14(17)20)6-7-13(12)22-5/h6-8,10,19H,9H2,1-5H3,(H2,17,20)(H,18,21). The zero-order chi connectivity index (χ0) is 17.6. The Morgan fingerprint density at radius 3 is 2.48 bits per heavy atom. The van der Waals surface area contributed by atoms with E-state index in [1.165, 1.54) is 7.11 Å². The molecular formula is C16H25N3O4. The number of benzene rings is 1. The van der Waals surface area contributed by atoms with Crippen LogP contribution in [0.4, 0.5) is 10.5 Å². The summed E-state index contributed by atoms with van der Waals surface area (Å²) < 4.78 is 10.4. The average molecular weight is 323 g/mol. The van der Waals surface area contributed by atoms with Gasteiger partial charge in [0.25, 0.3) is 0 Å². The van der Waals surface area contributed by atoms with Gasteiger partial charge in [-0.25, -0.2) is 4.79 Å². The molecule has 0 aliphatic carbocycles. The van der Waals surface area contributed by atoms with Gasteiger partial charge in [0.1, 0.15) is 11.4 Å². The highest BCUT2D eigenvalue weighted by Crippen LogP contribution is 2.26. The van der Waals surface area contributed by atoms with Crippen molar-refractivity contribution in [2.45, 2.75) is 39.3 Å². The number of hydrogen-bond donors (Lipinski definition) is 3. The second-order valence-corrected chi connectivity index (χ2v) is 6.21. The molecule has 23 heavy (non-hydrogen) atoms. The van der Waals surface area contributed by atoms with Crippen molar-refractivity contribution in [2.75, 3.05) is 19.0 Å². The first-order chi connectivity index (χ1) is 10.6. The summed E-state index contributed by atoms with van der Waals surface area (Å²) in [6.45, 7) is 7.63. The normalized spacial score (nSPS) is 12.2. The van der Waals surface area contributed by atoms with Crippen LogP contribution < -0.4 is 21.1 Å². The fourth-order valence-electron chi connectivity index (χ4n) is 1.84. The maximum atomic E-state index is 11.6. The van der Waals surface area contributed by atoms with E-state index in [1.54, 1.807) is 39.0 Å². The number of rotatable bonds is 6. The molecule has 0 heterocycles. The molecule has 1 atom stereocenters. The van der Waals surface area contributed by atoms with Crippen LogP contribution in [0.2, 0.25) is 0 Å². The number of anilines is 1. The highest BCUT2D eigenvalue weighted by atomic mass is 16.6. The third kappa shape index (κ3) is 6.46. The van der Waals surface area contributed by atoms with E-state index in [0.717, 1.165) is 0 Å². The lowest BCUT2D eigenvalue weighted by Crippen LogP contribution is -2.38. The van der Waals surface area contributed by atoms with E-state index in [9.17, 15) is 9.59 Å². The van der Waals surface area contributed by atoms with Gasteiger partial charge in [0, 0.05) is 18.2 Å². The lowest BCUT2D eigenvalue weighted by molar-refractivity contribution is 0.0526. The quantitative estimate of drug-likeness (QED) is 0.744. The van der Waals surface area contributed by atoms with Gasteiger partial charge in [-0.3, -0.25) is 4.79 Å². The first-order valence-corrected chi connectivity index (χ1v) is 7.33. The van der Waals surface area contributed by atoms with Gasteiger partial charge in [-0.2, -0.15) is 0 Å². The first-order valence-electron chi connectivity index (χ1n) is 7.33. The Balaban J connectivity index is 2.66. The SMILES string of the molecule is COc1ccc(C(N)=O)cc1NC(C)CNC(=O)OC(C)(C)C. The van der Waals surface area contributed by atoms with Crippen LogP contribution in [0.25, 0.3) is 0 Å². The summed E-state index contributed by atoms with van der Waals surface area (Å²) in [5.41, 5.74) is 5.74. The molecule has 0 bridgehead atoms. The van der Waals surface area contributed by atoms with E-state index in [-0.39, 0.29) is 6.04 Å². The molecule has 0 saturated carbocycles. The molecular weight excluding hydrogens is 298 g/mol. The molecule has 2 amide bonds. The second kappa shape index (κ2) is 7.71. The van der Waals surface area contributed by atoms with Crippen LogP contribution in [0.1, 0.15) is 38.1 Å². The van der Waals surface area contributed by atoms with Crippen molar-refractivity contribution in [3.8, 4) is 5.75 Å². The molecule has 1 aromatic rings. The number of nitrogens with two attached hydrogens (primary N) is 1. The van der Waals surface area contributed by atoms with Crippen molar-refractivity contribution < 1.29 is 19.1 Å². The minimum Gasteiger partial charge on any atom is -0.495 e.